The molecular formula is C26H34N8O6S2. The monoisotopic (exact) mass is 618 g/mol. The number of nitrogens with zero attached hydrogens (tertiary/aromatic N) is 6. The van der Waals surface area contributed by atoms with Crippen LogP contribution < -0.4 is 10.6 Å². The number of fused-ring (bicyclic) bond motifs is 2. The third-order valence-corrected chi connectivity index (χ3v) is 8.79. The number of benzene rings is 1. The summed E-state index contributed by atoms with van der Waals surface area (Å²) < 4.78 is 11.9. The van der Waals surface area contributed by atoms with Gasteiger partial charge in [-0.2, -0.15) is 0 Å². The van der Waals surface area contributed by atoms with Crippen LogP contribution >= 0.6 is 22.7 Å². The van der Waals surface area contributed by atoms with Gasteiger partial charge in [-0.15, -0.1) is 0 Å². The van der Waals surface area contributed by atoms with E-state index in [1.165, 1.54) is 22.7 Å². The zero-order chi connectivity index (χ0) is 29.6. The largest absolute Gasteiger partial charge is 0.450 e. The predicted octanol–water partition coefficient (Wildman–Crippen LogP) is 2.33. The molecule has 2 N–H and O–H groups in total. The van der Waals surface area contributed by atoms with Crippen molar-refractivity contribution in [1.82, 2.24) is 29.6 Å². The molecule has 4 amide bonds. The van der Waals surface area contributed by atoms with Gasteiger partial charge in [-0.1, -0.05) is 22.7 Å². The first-order valence-electron chi connectivity index (χ1n) is 13.9. The van der Waals surface area contributed by atoms with Gasteiger partial charge in [-0.3, -0.25) is 19.4 Å². The molecule has 0 aliphatic carbocycles. The summed E-state index contributed by atoms with van der Waals surface area (Å²) in [5, 5.41) is 6.79. The number of rotatable bonds is 8. The number of carbonyl (C=O) groups excluding carboxylic acids is 4. The number of amides is 4. The van der Waals surface area contributed by atoms with Crippen molar-refractivity contribution >= 4 is 77.4 Å². The molecule has 2 aromatic heterocycles. The van der Waals surface area contributed by atoms with E-state index in [0.717, 1.165) is 9.40 Å². The van der Waals surface area contributed by atoms with Crippen molar-refractivity contribution in [3.63, 3.8) is 0 Å². The molecule has 0 unspecified atom stereocenters. The van der Waals surface area contributed by atoms with E-state index in [1.807, 2.05) is 21.9 Å². The molecule has 1 aromatic carbocycles. The second-order valence-corrected chi connectivity index (χ2v) is 11.9. The summed E-state index contributed by atoms with van der Waals surface area (Å²) in [6.07, 6.45) is -0.634. The fourth-order valence-electron chi connectivity index (χ4n) is 4.79. The molecule has 2 aliphatic rings. The lowest BCUT2D eigenvalue weighted by atomic mass is 10.3. The highest BCUT2D eigenvalue weighted by Crippen LogP contribution is 2.34. The Kier molecular flexibility index (Phi) is 9.66. The van der Waals surface area contributed by atoms with Crippen molar-refractivity contribution < 1.29 is 28.7 Å². The summed E-state index contributed by atoms with van der Waals surface area (Å²) in [5.41, 5.74) is 1.43. The van der Waals surface area contributed by atoms with Crippen LogP contribution in [0.25, 0.3) is 20.4 Å². The first-order valence-corrected chi connectivity index (χ1v) is 15.5. The Morgan fingerprint density at radius 1 is 0.690 bits per heavy atom. The van der Waals surface area contributed by atoms with Crippen LogP contribution in [0.1, 0.15) is 13.8 Å². The van der Waals surface area contributed by atoms with Crippen molar-refractivity contribution in [3.8, 4) is 0 Å². The molecule has 0 radical (unpaired) electrons. The van der Waals surface area contributed by atoms with Crippen molar-refractivity contribution in [2.24, 2.45) is 0 Å². The van der Waals surface area contributed by atoms with Crippen molar-refractivity contribution in [2.75, 3.05) is 89.3 Å². The third-order valence-electron chi connectivity index (χ3n) is 6.92. The van der Waals surface area contributed by atoms with Crippen LogP contribution in [0.2, 0.25) is 0 Å². The fourth-order valence-corrected chi connectivity index (χ4v) is 6.67. The van der Waals surface area contributed by atoms with Gasteiger partial charge in [-0.05, 0) is 26.0 Å². The van der Waals surface area contributed by atoms with Gasteiger partial charge in [0.1, 0.15) is 0 Å². The van der Waals surface area contributed by atoms with Crippen LogP contribution in [0.4, 0.5) is 19.9 Å². The van der Waals surface area contributed by atoms with Gasteiger partial charge in [-0.25, -0.2) is 19.6 Å². The van der Waals surface area contributed by atoms with E-state index in [1.54, 1.807) is 23.6 Å². The lowest BCUT2D eigenvalue weighted by Gasteiger charge is -2.33. The number of aromatic nitrogens is 2. The molecule has 226 valence electrons. The Labute approximate surface area is 250 Å². The SMILES string of the molecule is CCOC(=O)N1CCN(CC(=O)Nc2nc3cc4nc(NC(=O)CN5CCN(C(=O)OCC)CC5)sc4cc3s2)CC1. The number of hydrogen-bond donors (Lipinski definition) is 2. The highest BCUT2D eigenvalue weighted by Gasteiger charge is 2.25. The molecular weight excluding hydrogens is 584 g/mol. The van der Waals surface area contributed by atoms with Gasteiger partial charge in [0.05, 0.1) is 46.7 Å². The van der Waals surface area contributed by atoms with E-state index >= 15 is 0 Å². The zero-order valence-corrected chi connectivity index (χ0v) is 25.2. The van der Waals surface area contributed by atoms with Crippen LogP contribution in [0.3, 0.4) is 0 Å². The van der Waals surface area contributed by atoms with Crippen LogP contribution in [0.15, 0.2) is 12.1 Å². The Morgan fingerprint density at radius 3 is 1.48 bits per heavy atom. The molecule has 3 aromatic rings. The van der Waals surface area contributed by atoms with Crippen LogP contribution in [-0.2, 0) is 19.1 Å². The third kappa shape index (κ3) is 7.42. The minimum Gasteiger partial charge on any atom is -0.450 e. The van der Waals surface area contributed by atoms with Gasteiger partial charge in [0, 0.05) is 52.4 Å². The minimum atomic E-state index is -0.317. The Hall–Kier alpha value is -3.60. The summed E-state index contributed by atoms with van der Waals surface area (Å²) >= 11 is 2.76. The van der Waals surface area contributed by atoms with Crippen molar-refractivity contribution in [2.45, 2.75) is 13.8 Å². The Bertz CT molecular complexity index is 1290. The van der Waals surface area contributed by atoms with Crippen LogP contribution in [0.5, 0.6) is 0 Å². The molecule has 2 fully saturated rings. The first-order chi connectivity index (χ1) is 20.3. The van der Waals surface area contributed by atoms with Gasteiger partial charge >= 0.3 is 12.2 Å². The molecule has 0 bridgehead atoms. The maximum atomic E-state index is 12.7. The summed E-state index contributed by atoms with van der Waals surface area (Å²) in [6, 6.07) is 3.82. The normalized spacial score (nSPS) is 16.5. The lowest BCUT2D eigenvalue weighted by molar-refractivity contribution is -0.118. The Balaban J connectivity index is 1.11. The van der Waals surface area contributed by atoms with Gasteiger partial charge in [0.2, 0.25) is 11.8 Å². The average Bonchev–Trinajstić information content (AvgIpc) is 3.53. The lowest BCUT2D eigenvalue weighted by Crippen LogP contribution is -2.50. The molecule has 2 aliphatic heterocycles. The molecule has 0 atom stereocenters. The van der Waals surface area contributed by atoms with Crippen molar-refractivity contribution in [1.29, 1.82) is 0 Å². The minimum absolute atomic E-state index is 0.161. The summed E-state index contributed by atoms with van der Waals surface area (Å²) in [5.74, 6) is -0.322. The number of hydrogen-bond acceptors (Lipinski definition) is 12. The van der Waals surface area contributed by atoms with Crippen molar-refractivity contribution in [3.05, 3.63) is 12.1 Å². The van der Waals surface area contributed by atoms with Crippen LogP contribution in [-0.4, -0.2) is 132 Å². The highest BCUT2D eigenvalue weighted by molar-refractivity contribution is 7.24. The second-order valence-electron chi connectivity index (χ2n) is 9.85. The number of nitrogens with one attached hydrogen (secondary N) is 2. The second kappa shape index (κ2) is 13.6. The maximum Gasteiger partial charge on any atom is 0.409 e. The quantitative estimate of drug-likeness (QED) is 0.385. The number of ether oxygens (including phenoxy) is 2. The fraction of sp³-hybridized carbons (Fsp3) is 0.538. The van der Waals surface area contributed by atoms with E-state index in [0.29, 0.717) is 86.9 Å². The predicted molar refractivity (Wildman–Crippen MR) is 160 cm³/mol. The van der Waals surface area contributed by atoms with E-state index < -0.39 is 0 Å². The summed E-state index contributed by atoms with van der Waals surface area (Å²) in [4.78, 5) is 65.5. The number of thiazole rings is 2. The van der Waals surface area contributed by atoms with E-state index in [9.17, 15) is 19.2 Å². The molecule has 42 heavy (non-hydrogen) atoms. The summed E-state index contributed by atoms with van der Waals surface area (Å²) in [6.45, 7) is 9.14. The molecule has 14 nitrogen and oxygen atoms in total. The molecule has 5 rings (SSSR count). The zero-order valence-electron chi connectivity index (χ0n) is 23.6. The standard InChI is InChI=1S/C26H34N8O6S2/c1-3-39-25(37)33-9-5-31(6-10-33)15-21(35)29-23-27-17-13-18-20(14-19(17)41-23)42-24(28-18)30-22(36)16-32-7-11-34(12-8-32)26(38)40-4-2/h13-14H,3-12,15-16H2,1-2H3,(H,27,29,35)(H,28,30,36). The maximum absolute atomic E-state index is 12.7. The Morgan fingerprint density at radius 2 is 1.10 bits per heavy atom. The molecule has 2 saturated heterocycles. The van der Waals surface area contributed by atoms with Crippen LogP contribution in [0, 0.1) is 0 Å². The molecule has 0 spiro atoms. The topological polar surface area (TPSA) is 150 Å². The van der Waals surface area contributed by atoms with E-state index in [2.05, 4.69) is 20.6 Å². The van der Waals surface area contributed by atoms with E-state index in [4.69, 9.17) is 9.47 Å². The number of piperazine rings is 2. The number of anilines is 2. The summed E-state index contributed by atoms with van der Waals surface area (Å²) in [7, 11) is 0. The molecule has 0 saturated carbocycles. The van der Waals surface area contributed by atoms with Gasteiger partial charge in [0.15, 0.2) is 10.3 Å². The average molecular weight is 619 g/mol. The van der Waals surface area contributed by atoms with Gasteiger partial charge in [0.25, 0.3) is 0 Å². The smallest absolute Gasteiger partial charge is 0.409 e. The van der Waals surface area contributed by atoms with Gasteiger partial charge < -0.3 is 29.9 Å². The first kappa shape index (κ1) is 29.9. The number of carbonyl (C=O) groups is 4. The highest BCUT2D eigenvalue weighted by atomic mass is 32.1. The van der Waals surface area contributed by atoms with E-state index in [-0.39, 0.29) is 37.1 Å². The molecule has 16 heteroatoms. The molecule has 4 heterocycles.